The summed E-state index contributed by atoms with van der Waals surface area (Å²) in [4.78, 5) is 11.8. The molecule has 0 unspecified atom stereocenters. The Hall–Kier alpha value is -2.04. The number of ether oxygens (including phenoxy) is 1. The fraction of sp³-hybridized carbons (Fsp3) is 0.500. The molecular weight excluding hydrogens is 268 g/mol. The molecule has 1 saturated carbocycles. The molecule has 5 nitrogen and oxygen atoms in total. The van der Waals surface area contributed by atoms with Gasteiger partial charge in [-0.1, -0.05) is 24.4 Å². The Labute approximate surface area is 125 Å². The lowest BCUT2D eigenvalue weighted by atomic mass is 9.95. The van der Waals surface area contributed by atoms with E-state index in [9.17, 15) is 4.79 Å². The highest BCUT2D eigenvalue weighted by Crippen LogP contribution is 2.17. The summed E-state index contributed by atoms with van der Waals surface area (Å²) in [6.07, 6.45) is 5.80. The standard InChI is InChI=1S/C16H22N2O3/c1-12(18-20)13-7-9-15(10-8-13)21-11-16(19)17-14-5-3-2-4-6-14/h7-10,14,20H,2-6,11H2,1H3,(H,17,19). The van der Waals surface area contributed by atoms with Gasteiger partial charge >= 0.3 is 0 Å². The van der Waals surface area contributed by atoms with Gasteiger partial charge in [0, 0.05) is 6.04 Å². The molecule has 1 aliphatic carbocycles. The van der Waals surface area contributed by atoms with Crippen molar-refractivity contribution >= 4 is 11.6 Å². The minimum Gasteiger partial charge on any atom is -0.484 e. The Bertz CT molecular complexity index is 491. The van der Waals surface area contributed by atoms with Crippen LogP contribution in [0.2, 0.25) is 0 Å². The number of carbonyl (C=O) groups excluding carboxylic acids is 1. The Morgan fingerprint density at radius 3 is 2.57 bits per heavy atom. The van der Waals surface area contributed by atoms with Crippen LogP contribution in [0.3, 0.4) is 0 Å². The Morgan fingerprint density at radius 1 is 1.29 bits per heavy atom. The Balaban J connectivity index is 1.78. The van der Waals surface area contributed by atoms with Crippen molar-refractivity contribution in [3.63, 3.8) is 0 Å². The number of benzene rings is 1. The molecule has 1 aliphatic rings. The molecule has 5 heteroatoms. The third kappa shape index (κ3) is 4.77. The Kier molecular flexibility index (Phi) is 5.60. The van der Waals surface area contributed by atoms with Crippen LogP contribution in [-0.4, -0.2) is 29.5 Å². The van der Waals surface area contributed by atoms with Crippen molar-refractivity contribution < 1.29 is 14.7 Å². The van der Waals surface area contributed by atoms with Crippen molar-refractivity contribution in [1.29, 1.82) is 0 Å². The normalized spacial score (nSPS) is 16.5. The van der Waals surface area contributed by atoms with Crippen LogP contribution >= 0.6 is 0 Å². The van der Waals surface area contributed by atoms with Gasteiger partial charge in [-0.05, 0) is 49.6 Å². The second kappa shape index (κ2) is 7.67. The predicted molar refractivity (Wildman–Crippen MR) is 81.0 cm³/mol. The van der Waals surface area contributed by atoms with E-state index in [-0.39, 0.29) is 12.5 Å². The van der Waals surface area contributed by atoms with Gasteiger partial charge in [-0.3, -0.25) is 4.79 Å². The number of amides is 1. The molecule has 2 N–H and O–H groups in total. The van der Waals surface area contributed by atoms with Crippen LogP contribution in [0.15, 0.2) is 29.4 Å². The first-order valence-electron chi connectivity index (χ1n) is 7.40. The molecule has 21 heavy (non-hydrogen) atoms. The number of hydrogen-bond acceptors (Lipinski definition) is 4. The summed E-state index contributed by atoms with van der Waals surface area (Å²) in [7, 11) is 0. The predicted octanol–water partition coefficient (Wildman–Crippen LogP) is 2.71. The van der Waals surface area contributed by atoms with Crippen molar-refractivity contribution in [2.24, 2.45) is 5.16 Å². The second-order valence-electron chi connectivity index (χ2n) is 5.40. The number of nitrogens with zero attached hydrogens (tertiary/aromatic N) is 1. The summed E-state index contributed by atoms with van der Waals surface area (Å²) in [6.45, 7) is 1.75. The molecule has 1 fully saturated rings. The average Bonchev–Trinajstić information content (AvgIpc) is 2.53. The first kappa shape index (κ1) is 15.4. The van der Waals surface area contributed by atoms with Gasteiger partial charge in [-0.15, -0.1) is 0 Å². The zero-order chi connectivity index (χ0) is 15.1. The lowest BCUT2D eigenvalue weighted by molar-refractivity contribution is -0.124. The fourth-order valence-corrected chi connectivity index (χ4v) is 2.52. The zero-order valence-electron chi connectivity index (χ0n) is 12.3. The fourth-order valence-electron chi connectivity index (χ4n) is 2.52. The molecule has 0 heterocycles. The topological polar surface area (TPSA) is 70.9 Å². The lowest BCUT2D eigenvalue weighted by Gasteiger charge is -2.22. The van der Waals surface area contributed by atoms with Gasteiger partial charge in [0.2, 0.25) is 0 Å². The molecule has 0 aliphatic heterocycles. The van der Waals surface area contributed by atoms with E-state index in [4.69, 9.17) is 9.94 Å². The molecular formula is C16H22N2O3. The summed E-state index contributed by atoms with van der Waals surface area (Å²) in [5.41, 5.74) is 1.35. The number of nitrogens with one attached hydrogen (secondary N) is 1. The minimum atomic E-state index is -0.0703. The maximum Gasteiger partial charge on any atom is 0.258 e. The van der Waals surface area contributed by atoms with E-state index in [1.165, 1.54) is 19.3 Å². The molecule has 1 aromatic carbocycles. The van der Waals surface area contributed by atoms with Crippen molar-refractivity contribution in [3.8, 4) is 5.75 Å². The van der Waals surface area contributed by atoms with Crippen LogP contribution in [0.5, 0.6) is 5.75 Å². The lowest BCUT2D eigenvalue weighted by Crippen LogP contribution is -2.38. The highest BCUT2D eigenvalue weighted by Gasteiger charge is 2.15. The van der Waals surface area contributed by atoms with Crippen LogP contribution in [0.25, 0.3) is 0 Å². The van der Waals surface area contributed by atoms with Crippen LogP contribution in [0.4, 0.5) is 0 Å². The highest BCUT2D eigenvalue weighted by atomic mass is 16.5. The second-order valence-corrected chi connectivity index (χ2v) is 5.40. The molecule has 0 bridgehead atoms. The van der Waals surface area contributed by atoms with Crippen LogP contribution in [0, 0.1) is 0 Å². The third-order valence-electron chi connectivity index (χ3n) is 3.76. The minimum absolute atomic E-state index is 0.0307. The maximum atomic E-state index is 11.8. The van der Waals surface area contributed by atoms with E-state index in [0.717, 1.165) is 18.4 Å². The van der Waals surface area contributed by atoms with Crippen LogP contribution in [-0.2, 0) is 4.79 Å². The van der Waals surface area contributed by atoms with Gasteiger partial charge in [-0.2, -0.15) is 0 Å². The number of oxime groups is 1. The molecule has 0 saturated heterocycles. The first-order chi connectivity index (χ1) is 10.2. The van der Waals surface area contributed by atoms with Crippen molar-refractivity contribution in [2.75, 3.05) is 6.61 Å². The molecule has 0 atom stereocenters. The van der Waals surface area contributed by atoms with Gasteiger partial charge in [0.15, 0.2) is 6.61 Å². The summed E-state index contributed by atoms with van der Waals surface area (Å²) < 4.78 is 5.46. The van der Waals surface area contributed by atoms with E-state index >= 15 is 0 Å². The van der Waals surface area contributed by atoms with Gasteiger partial charge in [0.25, 0.3) is 5.91 Å². The van der Waals surface area contributed by atoms with Crippen molar-refractivity contribution in [2.45, 2.75) is 45.1 Å². The SMILES string of the molecule is CC(=NO)c1ccc(OCC(=O)NC2CCCCC2)cc1. The van der Waals surface area contributed by atoms with E-state index in [0.29, 0.717) is 17.5 Å². The number of rotatable bonds is 5. The molecule has 2 rings (SSSR count). The summed E-state index contributed by atoms with van der Waals surface area (Å²) >= 11 is 0. The van der Waals surface area contributed by atoms with Gasteiger partial charge < -0.3 is 15.3 Å². The maximum absolute atomic E-state index is 11.8. The van der Waals surface area contributed by atoms with E-state index in [1.54, 1.807) is 31.2 Å². The van der Waals surface area contributed by atoms with E-state index in [2.05, 4.69) is 10.5 Å². The van der Waals surface area contributed by atoms with Crippen LogP contribution in [0.1, 0.15) is 44.6 Å². The summed E-state index contributed by atoms with van der Waals surface area (Å²) in [5, 5.41) is 14.8. The quantitative estimate of drug-likeness (QED) is 0.497. The first-order valence-corrected chi connectivity index (χ1v) is 7.40. The van der Waals surface area contributed by atoms with Gasteiger partial charge in [0.05, 0.1) is 5.71 Å². The van der Waals surface area contributed by atoms with Gasteiger partial charge in [0.1, 0.15) is 5.75 Å². The molecule has 0 radical (unpaired) electrons. The molecule has 114 valence electrons. The zero-order valence-corrected chi connectivity index (χ0v) is 12.3. The van der Waals surface area contributed by atoms with E-state index < -0.39 is 0 Å². The smallest absolute Gasteiger partial charge is 0.258 e. The monoisotopic (exact) mass is 290 g/mol. The average molecular weight is 290 g/mol. The third-order valence-corrected chi connectivity index (χ3v) is 3.76. The van der Waals surface area contributed by atoms with Gasteiger partial charge in [-0.25, -0.2) is 0 Å². The molecule has 0 aromatic heterocycles. The molecule has 1 aromatic rings. The van der Waals surface area contributed by atoms with E-state index in [1.807, 2.05) is 0 Å². The number of carbonyl (C=O) groups is 1. The molecule has 0 spiro atoms. The Morgan fingerprint density at radius 2 is 1.95 bits per heavy atom. The van der Waals surface area contributed by atoms with Crippen molar-refractivity contribution in [1.82, 2.24) is 5.32 Å². The highest BCUT2D eigenvalue weighted by molar-refractivity contribution is 5.98. The number of hydrogen-bond donors (Lipinski definition) is 2. The van der Waals surface area contributed by atoms with Crippen molar-refractivity contribution in [3.05, 3.63) is 29.8 Å². The molecule has 1 amide bonds. The van der Waals surface area contributed by atoms with Crippen LogP contribution < -0.4 is 10.1 Å². The largest absolute Gasteiger partial charge is 0.484 e. The summed E-state index contributed by atoms with van der Waals surface area (Å²) in [5.74, 6) is 0.558. The summed E-state index contributed by atoms with van der Waals surface area (Å²) in [6, 6.07) is 7.42.